The summed E-state index contributed by atoms with van der Waals surface area (Å²) in [5, 5.41) is 3.01. The van der Waals surface area contributed by atoms with Gasteiger partial charge in [0.1, 0.15) is 6.04 Å². The number of nitrogens with zero attached hydrogens (tertiary/aromatic N) is 2. The lowest BCUT2D eigenvalue weighted by Gasteiger charge is -2.36. The maximum atomic E-state index is 12.9. The van der Waals surface area contributed by atoms with Crippen molar-refractivity contribution in [2.24, 2.45) is 0 Å². The maximum Gasteiger partial charge on any atom is 0.246 e. The van der Waals surface area contributed by atoms with Gasteiger partial charge in [-0.05, 0) is 62.1 Å². The quantitative estimate of drug-likeness (QED) is 0.749. The van der Waals surface area contributed by atoms with E-state index < -0.39 is 0 Å². The minimum atomic E-state index is -0.321. The van der Waals surface area contributed by atoms with Crippen molar-refractivity contribution in [1.82, 2.24) is 0 Å². The van der Waals surface area contributed by atoms with E-state index in [1.54, 1.807) is 4.90 Å². The number of anilines is 4. The summed E-state index contributed by atoms with van der Waals surface area (Å²) in [4.78, 5) is 28.8. The number of carbonyl (C=O) groups is 2. The zero-order chi connectivity index (χ0) is 19.7. The molecule has 154 valence electrons. The molecule has 2 aromatic rings. The first-order valence-electron chi connectivity index (χ1n) is 9.90. The zero-order valence-corrected chi connectivity index (χ0v) is 17.4. The smallest absolute Gasteiger partial charge is 0.246 e. The van der Waals surface area contributed by atoms with Crippen molar-refractivity contribution in [3.05, 3.63) is 48.0 Å². The first-order valence-corrected chi connectivity index (χ1v) is 9.90. The average Bonchev–Trinajstić information content (AvgIpc) is 3.13. The summed E-state index contributed by atoms with van der Waals surface area (Å²) in [6.45, 7) is 3.48. The molecule has 2 aromatic carbocycles. The van der Waals surface area contributed by atoms with Crippen LogP contribution in [0, 0.1) is 0 Å². The van der Waals surface area contributed by atoms with Gasteiger partial charge in [0.25, 0.3) is 0 Å². The van der Waals surface area contributed by atoms with E-state index in [-0.39, 0.29) is 30.3 Å². The largest absolute Gasteiger partial charge is 0.398 e. The molecule has 0 aromatic heterocycles. The van der Waals surface area contributed by atoms with E-state index in [0.29, 0.717) is 12.1 Å². The Kier molecular flexibility index (Phi) is 6.33. The standard InChI is InChI=1S/C22H26N4O2.ClH/c1-15(25-12-4-8-18-19(23)9-3-10-20(18)25)22(28)24-16-6-2-7-17(14-16)26-13-5-11-21(26)27;/h2-3,6-7,9-10,14-15H,4-5,8,11-13,23H2,1H3,(H,24,28);1H. The molecule has 2 aliphatic heterocycles. The SMILES string of the molecule is CC(C(=O)Nc1cccc(N2CCCC2=O)c1)N1CCCc2c(N)cccc21.Cl. The lowest BCUT2D eigenvalue weighted by Crippen LogP contribution is -2.44. The van der Waals surface area contributed by atoms with E-state index >= 15 is 0 Å². The molecule has 0 spiro atoms. The molecule has 0 saturated carbocycles. The molecule has 1 atom stereocenters. The second-order valence-corrected chi connectivity index (χ2v) is 7.51. The van der Waals surface area contributed by atoms with E-state index in [0.717, 1.165) is 55.0 Å². The summed E-state index contributed by atoms with van der Waals surface area (Å²) in [7, 11) is 0. The van der Waals surface area contributed by atoms with Crippen molar-refractivity contribution in [3.8, 4) is 0 Å². The van der Waals surface area contributed by atoms with Gasteiger partial charge in [-0.1, -0.05) is 12.1 Å². The van der Waals surface area contributed by atoms with E-state index in [4.69, 9.17) is 5.73 Å². The Morgan fingerprint density at radius 2 is 1.86 bits per heavy atom. The van der Waals surface area contributed by atoms with Crippen LogP contribution in [-0.2, 0) is 16.0 Å². The molecular formula is C22H27ClN4O2. The fourth-order valence-corrected chi connectivity index (χ4v) is 4.14. The summed E-state index contributed by atoms with van der Waals surface area (Å²) in [5.41, 5.74) is 10.6. The van der Waals surface area contributed by atoms with Crippen molar-refractivity contribution < 1.29 is 9.59 Å². The molecule has 2 amide bonds. The molecule has 7 heteroatoms. The maximum absolute atomic E-state index is 12.9. The van der Waals surface area contributed by atoms with Crippen molar-refractivity contribution in [2.45, 2.75) is 38.6 Å². The number of hydrogen-bond donors (Lipinski definition) is 2. The van der Waals surface area contributed by atoms with Crippen molar-refractivity contribution in [2.75, 3.05) is 33.9 Å². The van der Waals surface area contributed by atoms with Gasteiger partial charge in [0.2, 0.25) is 11.8 Å². The van der Waals surface area contributed by atoms with Crippen LogP contribution in [0.3, 0.4) is 0 Å². The molecule has 0 radical (unpaired) electrons. The number of rotatable bonds is 4. The summed E-state index contributed by atoms with van der Waals surface area (Å²) in [5.74, 6) is 0.0690. The van der Waals surface area contributed by atoms with Crippen molar-refractivity contribution in [3.63, 3.8) is 0 Å². The highest BCUT2D eigenvalue weighted by Crippen LogP contribution is 2.33. The third kappa shape index (κ3) is 4.17. The van der Waals surface area contributed by atoms with Crippen LogP contribution in [0.1, 0.15) is 31.7 Å². The molecular weight excluding hydrogens is 388 g/mol. The third-order valence-electron chi connectivity index (χ3n) is 5.67. The highest BCUT2D eigenvalue weighted by atomic mass is 35.5. The van der Waals surface area contributed by atoms with Gasteiger partial charge in [0.05, 0.1) is 0 Å². The fraction of sp³-hybridized carbons (Fsp3) is 0.364. The fourth-order valence-electron chi connectivity index (χ4n) is 4.14. The molecule has 1 saturated heterocycles. The first kappa shape index (κ1) is 21.0. The summed E-state index contributed by atoms with van der Waals surface area (Å²) >= 11 is 0. The van der Waals surface area contributed by atoms with E-state index in [1.165, 1.54) is 0 Å². The highest BCUT2D eigenvalue weighted by molar-refractivity contribution is 5.99. The number of halogens is 1. The number of benzene rings is 2. The Bertz CT molecular complexity index is 917. The molecule has 29 heavy (non-hydrogen) atoms. The second kappa shape index (κ2) is 8.74. The zero-order valence-electron chi connectivity index (χ0n) is 16.6. The number of amides is 2. The lowest BCUT2D eigenvalue weighted by atomic mass is 9.98. The van der Waals surface area contributed by atoms with Crippen LogP contribution in [0.4, 0.5) is 22.7 Å². The molecule has 2 aliphatic rings. The third-order valence-corrected chi connectivity index (χ3v) is 5.67. The molecule has 2 heterocycles. The topological polar surface area (TPSA) is 78.7 Å². The molecule has 6 nitrogen and oxygen atoms in total. The lowest BCUT2D eigenvalue weighted by molar-refractivity contribution is -0.117. The Morgan fingerprint density at radius 1 is 1.10 bits per heavy atom. The van der Waals surface area contributed by atoms with Gasteiger partial charge >= 0.3 is 0 Å². The number of hydrogen-bond acceptors (Lipinski definition) is 4. The molecule has 4 rings (SSSR count). The number of nitrogens with two attached hydrogens (primary N) is 1. The number of nitrogens with one attached hydrogen (secondary N) is 1. The van der Waals surface area contributed by atoms with Crippen molar-refractivity contribution >= 4 is 47.0 Å². The van der Waals surface area contributed by atoms with Gasteiger partial charge < -0.3 is 20.9 Å². The summed E-state index contributed by atoms with van der Waals surface area (Å²) < 4.78 is 0. The molecule has 1 unspecified atom stereocenters. The Hall–Kier alpha value is -2.73. The van der Waals surface area contributed by atoms with E-state index in [2.05, 4.69) is 10.2 Å². The minimum absolute atomic E-state index is 0. The molecule has 0 aliphatic carbocycles. The predicted molar refractivity (Wildman–Crippen MR) is 120 cm³/mol. The van der Waals surface area contributed by atoms with E-state index in [9.17, 15) is 9.59 Å². The van der Waals surface area contributed by atoms with Gasteiger partial charge in [-0.15, -0.1) is 12.4 Å². The van der Waals surface area contributed by atoms with Crippen LogP contribution < -0.4 is 20.9 Å². The van der Waals surface area contributed by atoms with Gasteiger partial charge in [-0.3, -0.25) is 9.59 Å². The Balaban J connectivity index is 0.00000240. The van der Waals surface area contributed by atoms with Crippen molar-refractivity contribution in [1.29, 1.82) is 0 Å². The van der Waals surface area contributed by atoms with Gasteiger partial charge in [-0.2, -0.15) is 0 Å². The number of carbonyl (C=O) groups excluding carboxylic acids is 2. The normalized spacial score (nSPS) is 16.8. The van der Waals surface area contributed by atoms with Crippen LogP contribution in [0.15, 0.2) is 42.5 Å². The van der Waals surface area contributed by atoms with Gasteiger partial charge in [0.15, 0.2) is 0 Å². The highest BCUT2D eigenvalue weighted by Gasteiger charge is 2.27. The van der Waals surface area contributed by atoms with Crippen LogP contribution in [0.2, 0.25) is 0 Å². The van der Waals surface area contributed by atoms with Crippen LogP contribution in [0.5, 0.6) is 0 Å². The van der Waals surface area contributed by atoms with Crippen LogP contribution >= 0.6 is 12.4 Å². The van der Waals surface area contributed by atoms with Gasteiger partial charge in [0, 0.05) is 42.3 Å². The number of nitrogen functional groups attached to an aromatic ring is 1. The number of fused-ring (bicyclic) bond motifs is 1. The predicted octanol–water partition coefficient (Wildman–Crippen LogP) is 3.60. The Morgan fingerprint density at radius 3 is 2.62 bits per heavy atom. The van der Waals surface area contributed by atoms with Crippen LogP contribution in [-0.4, -0.2) is 30.9 Å². The molecule has 3 N–H and O–H groups in total. The Labute approximate surface area is 177 Å². The summed E-state index contributed by atoms with van der Waals surface area (Å²) in [6, 6.07) is 13.1. The monoisotopic (exact) mass is 414 g/mol. The van der Waals surface area contributed by atoms with E-state index in [1.807, 2.05) is 49.4 Å². The minimum Gasteiger partial charge on any atom is -0.398 e. The second-order valence-electron chi connectivity index (χ2n) is 7.51. The molecule has 0 bridgehead atoms. The van der Waals surface area contributed by atoms with Crippen LogP contribution in [0.25, 0.3) is 0 Å². The average molecular weight is 415 g/mol. The summed E-state index contributed by atoms with van der Waals surface area (Å²) in [6.07, 6.45) is 3.39. The first-order chi connectivity index (χ1) is 13.5. The van der Waals surface area contributed by atoms with Gasteiger partial charge in [-0.25, -0.2) is 0 Å². The molecule has 1 fully saturated rings.